The van der Waals surface area contributed by atoms with Gasteiger partial charge < -0.3 is 9.64 Å². The lowest BCUT2D eigenvalue weighted by atomic mass is 10.0. The summed E-state index contributed by atoms with van der Waals surface area (Å²) < 4.78 is 44.8. The highest BCUT2D eigenvalue weighted by atomic mass is 32.1. The van der Waals surface area contributed by atoms with Crippen molar-refractivity contribution in [2.24, 2.45) is 0 Å². The molecule has 0 unspecified atom stereocenters. The number of morpholine rings is 1. The van der Waals surface area contributed by atoms with Crippen LogP contribution in [-0.4, -0.2) is 43.2 Å². The smallest absolute Gasteiger partial charge is 0.378 e. The summed E-state index contributed by atoms with van der Waals surface area (Å²) in [6, 6.07) is 9.77. The van der Waals surface area contributed by atoms with Crippen LogP contribution in [0.4, 0.5) is 24.5 Å². The number of aryl methyl sites for hydroxylation is 1. The molecule has 2 saturated heterocycles. The van der Waals surface area contributed by atoms with Crippen LogP contribution in [0.5, 0.6) is 0 Å². The lowest BCUT2D eigenvalue weighted by Crippen LogP contribution is -2.54. The van der Waals surface area contributed by atoms with Gasteiger partial charge in [-0.3, -0.25) is 19.8 Å². The number of halogens is 3. The monoisotopic (exact) mass is 475 g/mol. The molecule has 4 rings (SSSR count). The van der Waals surface area contributed by atoms with E-state index in [1.165, 1.54) is 18.2 Å². The van der Waals surface area contributed by atoms with E-state index < -0.39 is 23.6 Å². The first-order valence-corrected chi connectivity index (χ1v) is 10.6. The van der Waals surface area contributed by atoms with Crippen LogP contribution in [0.1, 0.15) is 16.7 Å². The SMILES string of the molecule is Cc1cc(/C=C2\C(=O)NC(=S)N(c3cccc(C(F)(F)F)c3)C2=O)ccc1N1CCOCC1. The second kappa shape index (κ2) is 8.95. The number of ether oxygens (including phenoxy) is 1. The molecule has 0 atom stereocenters. The van der Waals surface area contributed by atoms with Crippen LogP contribution in [0.25, 0.3) is 6.08 Å². The Kier molecular flexibility index (Phi) is 6.22. The summed E-state index contributed by atoms with van der Waals surface area (Å²) in [5, 5.41) is 2.11. The highest BCUT2D eigenvalue weighted by Gasteiger charge is 2.36. The quantitative estimate of drug-likeness (QED) is 0.417. The summed E-state index contributed by atoms with van der Waals surface area (Å²) in [7, 11) is 0. The van der Waals surface area contributed by atoms with E-state index in [2.05, 4.69) is 10.2 Å². The van der Waals surface area contributed by atoms with E-state index in [1.807, 2.05) is 19.1 Å². The number of carbonyl (C=O) groups excluding carboxylic acids is 2. The molecule has 0 aliphatic carbocycles. The molecule has 0 saturated carbocycles. The predicted octanol–water partition coefficient (Wildman–Crippen LogP) is 3.68. The third-order valence-corrected chi connectivity index (χ3v) is 5.70. The van der Waals surface area contributed by atoms with Crippen LogP contribution in [0.3, 0.4) is 0 Å². The Hall–Kier alpha value is -3.24. The van der Waals surface area contributed by atoms with E-state index in [9.17, 15) is 22.8 Å². The Bertz CT molecular complexity index is 1160. The van der Waals surface area contributed by atoms with Crippen LogP contribution in [0.15, 0.2) is 48.0 Å². The molecule has 2 aliphatic heterocycles. The lowest BCUT2D eigenvalue weighted by Gasteiger charge is -2.30. The van der Waals surface area contributed by atoms with Crippen molar-refractivity contribution in [2.45, 2.75) is 13.1 Å². The van der Waals surface area contributed by atoms with Gasteiger partial charge in [-0.15, -0.1) is 0 Å². The van der Waals surface area contributed by atoms with E-state index >= 15 is 0 Å². The molecule has 2 aromatic rings. The minimum atomic E-state index is -4.59. The van der Waals surface area contributed by atoms with Gasteiger partial charge >= 0.3 is 6.18 Å². The summed E-state index contributed by atoms with van der Waals surface area (Å²) >= 11 is 5.08. The minimum Gasteiger partial charge on any atom is -0.378 e. The standard InChI is InChI=1S/C23H20F3N3O3S/c1-14-11-15(5-6-19(14)28-7-9-32-10-8-28)12-18-20(30)27-22(33)29(21(18)31)17-4-2-3-16(13-17)23(24,25)26/h2-6,11-13H,7-10H2,1H3,(H,27,30,33)/b18-12+. The Morgan fingerprint density at radius 3 is 2.48 bits per heavy atom. The molecule has 172 valence electrons. The summed E-state index contributed by atoms with van der Waals surface area (Å²) in [4.78, 5) is 28.7. The van der Waals surface area contributed by atoms with Crippen molar-refractivity contribution >= 4 is 46.6 Å². The maximum atomic E-state index is 13.1. The van der Waals surface area contributed by atoms with Gasteiger partial charge in [-0.05, 0) is 66.7 Å². The topological polar surface area (TPSA) is 61.9 Å². The first kappa shape index (κ1) is 22.9. The van der Waals surface area contributed by atoms with Crippen LogP contribution < -0.4 is 15.1 Å². The van der Waals surface area contributed by atoms with Crippen LogP contribution >= 0.6 is 12.2 Å². The van der Waals surface area contributed by atoms with Gasteiger partial charge in [-0.2, -0.15) is 13.2 Å². The number of alkyl halides is 3. The minimum absolute atomic E-state index is 0.0791. The van der Waals surface area contributed by atoms with Crippen molar-refractivity contribution in [1.29, 1.82) is 0 Å². The van der Waals surface area contributed by atoms with E-state index in [1.54, 1.807) is 6.07 Å². The zero-order valence-corrected chi connectivity index (χ0v) is 18.4. The van der Waals surface area contributed by atoms with Crippen molar-refractivity contribution in [3.05, 3.63) is 64.7 Å². The number of thiocarbonyl (C=S) groups is 1. The zero-order valence-electron chi connectivity index (χ0n) is 17.6. The first-order chi connectivity index (χ1) is 15.6. The maximum Gasteiger partial charge on any atom is 0.416 e. The molecule has 6 nitrogen and oxygen atoms in total. The fraction of sp³-hybridized carbons (Fsp3) is 0.261. The fourth-order valence-corrected chi connectivity index (χ4v) is 4.09. The van der Waals surface area contributed by atoms with Gasteiger partial charge in [0.05, 0.1) is 24.5 Å². The van der Waals surface area contributed by atoms with Gasteiger partial charge in [0.25, 0.3) is 11.8 Å². The normalized spacial score (nSPS) is 18.7. The van der Waals surface area contributed by atoms with Crippen LogP contribution in [-0.2, 0) is 20.5 Å². The number of nitrogens with one attached hydrogen (secondary N) is 1. The molecule has 1 N–H and O–H groups in total. The largest absolute Gasteiger partial charge is 0.416 e. The fourth-order valence-electron chi connectivity index (χ4n) is 3.81. The number of anilines is 2. The third kappa shape index (κ3) is 4.76. The molecule has 0 aromatic heterocycles. The van der Waals surface area contributed by atoms with Crippen molar-refractivity contribution < 1.29 is 27.5 Å². The van der Waals surface area contributed by atoms with Gasteiger partial charge in [0.1, 0.15) is 5.57 Å². The van der Waals surface area contributed by atoms with Crippen molar-refractivity contribution in [2.75, 3.05) is 36.1 Å². The van der Waals surface area contributed by atoms with Gasteiger partial charge in [-0.25, -0.2) is 0 Å². The van der Waals surface area contributed by atoms with E-state index in [0.29, 0.717) is 18.8 Å². The van der Waals surface area contributed by atoms with Crippen LogP contribution in [0, 0.1) is 6.92 Å². The Balaban J connectivity index is 1.65. The lowest BCUT2D eigenvalue weighted by molar-refractivity contribution is -0.137. The van der Waals surface area contributed by atoms with Crippen molar-refractivity contribution in [3.63, 3.8) is 0 Å². The number of carbonyl (C=O) groups is 2. The second-order valence-corrected chi connectivity index (χ2v) is 8.04. The highest BCUT2D eigenvalue weighted by Crippen LogP contribution is 2.33. The Morgan fingerprint density at radius 1 is 1.09 bits per heavy atom. The molecule has 0 radical (unpaired) electrons. The molecule has 2 aromatic carbocycles. The molecular weight excluding hydrogens is 455 g/mol. The Morgan fingerprint density at radius 2 is 1.82 bits per heavy atom. The molecular formula is C23H20F3N3O3S. The number of hydrogen-bond donors (Lipinski definition) is 1. The van der Waals surface area contributed by atoms with Crippen LogP contribution in [0.2, 0.25) is 0 Å². The van der Waals surface area contributed by atoms with Gasteiger partial charge in [0.15, 0.2) is 5.11 Å². The van der Waals surface area contributed by atoms with Crippen molar-refractivity contribution in [3.8, 4) is 0 Å². The summed E-state index contributed by atoms with van der Waals surface area (Å²) in [6.45, 7) is 4.76. The first-order valence-electron chi connectivity index (χ1n) is 10.2. The van der Waals surface area contributed by atoms with E-state index in [4.69, 9.17) is 17.0 Å². The number of nitrogens with zero attached hydrogens (tertiary/aromatic N) is 2. The molecule has 2 fully saturated rings. The average Bonchev–Trinajstić information content (AvgIpc) is 2.77. The molecule has 2 aliphatic rings. The predicted molar refractivity (Wildman–Crippen MR) is 122 cm³/mol. The third-order valence-electron chi connectivity index (χ3n) is 5.42. The highest BCUT2D eigenvalue weighted by molar-refractivity contribution is 7.80. The molecule has 10 heteroatoms. The number of hydrogen-bond acceptors (Lipinski definition) is 5. The average molecular weight is 475 g/mol. The van der Waals surface area contributed by atoms with Gasteiger partial charge in [0, 0.05) is 18.8 Å². The molecule has 0 bridgehead atoms. The molecule has 33 heavy (non-hydrogen) atoms. The summed E-state index contributed by atoms with van der Waals surface area (Å²) in [5.74, 6) is -1.50. The number of amides is 2. The number of rotatable bonds is 3. The zero-order chi connectivity index (χ0) is 23.8. The molecule has 2 amide bonds. The van der Waals surface area contributed by atoms with Gasteiger partial charge in [0.2, 0.25) is 0 Å². The maximum absolute atomic E-state index is 13.1. The second-order valence-electron chi connectivity index (χ2n) is 7.65. The van der Waals surface area contributed by atoms with E-state index in [-0.39, 0.29) is 16.4 Å². The molecule has 0 spiro atoms. The molecule has 2 heterocycles. The van der Waals surface area contributed by atoms with Gasteiger partial charge in [-0.1, -0.05) is 12.1 Å². The van der Waals surface area contributed by atoms with Crippen molar-refractivity contribution in [1.82, 2.24) is 5.32 Å². The Labute approximate surface area is 193 Å². The summed E-state index contributed by atoms with van der Waals surface area (Å²) in [5.41, 5.74) is 1.38. The number of benzene rings is 2. The van der Waals surface area contributed by atoms with E-state index in [0.717, 1.165) is 41.4 Å². The summed E-state index contributed by atoms with van der Waals surface area (Å²) in [6.07, 6.45) is -3.17.